The van der Waals surface area contributed by atoms with Gasteiger partial charge in [0.2, 0.25) is 0 Å². The highest BCUT2D eigenvalue weighted by Crippen LogP contribution is 2.27. The second kappa shape index (κ2) is 2.08. The smallest absolute Gasteiger partial charge is 0.135 e. The van der Waals surface area contributed by atoms with Crippen LogP contribution in [-0.4, -0.2) is 14.8 Å². The quantitative estimate of drug-likeness (QED) is 0.581. The Morgan fingerprint density at radius 1 is 1.80 bits per heavy atom. The van der Waals surface area contributed by atoms with Crippen molar-refractivity contribution < 1.29 is 0 Å². The fourth-order valence-corrected chi connectivity index (χ4v) is 1.56. The molecule has 0 bridgehead atoms. The van der Waals surface area contributed by atoms with Gasteiger partial charge < -0.3 is 4.57 Å². The molecule has 0 unspecified atom stereocenters. The minimum atomic E-state index is 0.669. The zero-order valence-electron chi connectivity index (χ0n) is 6.12. The molecule has 0 N–H and O–H groups in total. The molecular formula is C7H11N3. The normalized spacial score (nSPS) is 23.1. The van der Waals surface area contributed by atoms with Gasteiger partial charge in [-0.05, 0) is 12.8 Å². The molecule has 1 atom stereocenters. The Morgan fingerprint density at radius 2 is 2.70 bits per heavy atom. The summed E-state index contributed by atoms with van der Waals surface area (Å²) < 4.78 is 2.15. The monoisotopic (exact) mass is 137 g/mol. The van der Waals surface area contributed by atoms with Crippen molar-refractivity contribution in [1.82, 2.24) is 14.8 Å². The number of aromatic nitrogens is 3. The molecule has 0 fully saturated rings. The number of hydrogen-bond acceptors (Lipinski definition) is 2. The van der Waals surface area contributed by atoms with Gasteiger partial charge in [-0.15, -0.1) is 10.2 Å². The Bertz CT molecular complexity index is 229. The molecule has 1 aliphatic heterocycles. The number of rotatable bonds is 1. The third-order valence-corrected chi connectivity index (χ3v) is 2.22. The summed E-state index contributed by atoms with van der Waals surface area (Å²) in [6.07, 6.45) is 4.27. The molecule has 54 valence electrons. The maximum absolute atomic E-state index is 4.06. The van der Waals surface area contributed by atoms with Gasteiger partial charge in [0.05, 0.1) is 0 Å². The highest BCUT2D eigenvalue weighted by molar-refractivity contribution is 5.00. The Kier molecular flexibility index (Phi) is 1.22. The molecule has 0 spiro atoms. The first-order valence-corrected chi connectivity index (χ1v) is 3.79. The van der Waals surface area contributed by atoms with Crippen molar-refractivity contribution in [1.29, 1.82) is 0 Å². The summed E-state index contributed by atoms with van der Waals surface area (Å²) in [5.74, 6) is 1.85. The summed E-state index contributed by atoms with van der Waals surface area (Å²) in [5, 5.41) is 7.92. The average Bonchev–Trinajstić information content (AvgIpc) is 2.44. The van der Waals surface area contributed by atoms with Crippen LogP contribution in [0, 0.1) is 0 Å². The molecule has 0 radical (unpaired) electrons. The first-order chi connectivity index (χ1) is 4.92. The van der Waals surface area contributed by atoms with E-state index in [-0.39, 0.29) is 0 Å². The fraction of sp³-hybridized carbons (Fsp3) is 0.714. The van der Waals surface area contributed by atoms with Crippen LogP contribution in [0.2, 0.25) is 0 Å². The van der Waals surface area contributed by atoms with E-state index in [1.54, 1.807) is 0 Å². The van der Waals surface area contributed by atoms with Gasteiger partial charge in [0.1, 0.15) is 12.2 Å². The lowest BCUT2D eigenvalue weighted by Crippen LogP contribution is -1.93. The van der Waals surface area contributed by atoms with Crippen molar-refractivity contribution >= 4 is 0 Å². The zero-order valence-corrected chi connectivity index (χ0v) is 6.12. The van der Waals surface area contributed by atoms with Crippen LogP contribution in [0.4, 0.5) is 0 Å². The molecule has 0 saturated carbocycles. The molecule has 2 rings (SSSR count). The van der Waals surface area contributed by atoms with E-state index < -0.39 is 0 Å². The lowest BCUT2D eigenvalue weighted by molar-refractivity contribution is 0.626. The molecule has 1 aromatic heterocycles. The third-order valence-electron chi connectivity index (χ3n) is 2.22. The van der Waals surface area contributed by atoms with Gasteiger partial charge >= 0.3 is 0 Å². The van der Waals surface area contributed by atoms with Gasteiger partial charge in [0.15, 0.2) is 0 Å². The molecule has 3 heteroatoms. The highest BCUT2D eigenvalue weighted by Gasteiger charge is 2.21. The Hall–Kier alpha value is -0.860. The van der Waals surface area contributed by atoms with Gasteiger partial charge in [0.25, 0.3) is 0 Å². The second-order valence-electron chi connectivity index (χ2n) is 2.78. The maximum Gasteiger partial charge on any atom is 0.135 e. The zero-order chi connectivity index (χ0) is 6.97. The van der Waals surface area contributed by atoms with E-state index in [1.165, 1.54) is 18.7 Å². The molecule has 0 saturated heterocycles. The summed E-state index contributed by atoms with van der Waals surface area (Å²) in [5.41, 5.74) is 0. The molecule has 3 nitrogen and oxygen atoms in total. The predicted molar refractivity (Wildman–Crippen MR) is 37.7 cm³/mol. The average molecular weight is 137 g/mol. The molecular weight excluding hydrogens is 126 g/mol. The van der Waals surface area contributed by atoms with E-state index in [0.29, 0.717) is 5.92 Å². The fourth-order valence-electron chi connectivity index (χ4n) is 1.56. The molecule has 2 heterocycles. The van der Waals surface area contributed by atoms with E-state index >= 15 is 0 Å². The summed E-state index contributed by atoms with van der Waals surface area (Å²) in [7, 11) is 0. The molecule has 1 aromatic rings. The Labute approximate surface area is 60.1 Å². The number of aryl methyl sites for hydroxylation is 1. The standard InChI is InChI=1S/C7H11N3/c1-2-6-3-4-10-5-8-9-7(6)10/h5-6H,2-4H2,1H3/t6-/m1/s1. The summed E-state index contributed by atoms with van der Waals surface area (Å²) in [6.45, 7) is 3.32. The Balaban J connectivity index is 2.34. The van der Waals surface area contributed by atoms with Crippen molar-refractivity contribution in [2.24, 2.45) is 0 Å². The van der Waals surface area contributed by atoms with Crippen LogP contribution in [-0.2, 0) is 6.54 Å². The van der Waals surface area contributed by atoms with Gasteiger partial charge in [-0.3, -0.25) is 0 Å². The number of fused-ring (bicyclic) bond motifs is 1. The van der Waals surface area contributed by atoms with Gasteiger partial charge in [-0.2, -0.15) is 0 Å². The van der Waals surface area contributed by atoms with Crippen LogP contribution < -0.4 is 0 Å². The van der Waals surface area contributed by atoms with Crippen LogP contribution >= 0.6 is 0 Å². The van der Waals surface area contributed by atoms with E-state index in [1.807, 2.05) is 6.33 Å². The molecule has 1 aliphatic rings. The minimum Gasteiger partial charge on any atom is -0.317 e. The van der Waals surface area contributed by atoms with Gasteiger partial charge in [-0.25, -0.2) is 0 Å². The summed E-state index contributed by atoms with van der Waals surface area (Å²) in [4.78, 5) is 0. The summed E-state index contributed by atoms with van der Waals surface area (Å²) >= 11 is 0. The molecule has 10 heavy (non-hydrogen) atoms. The van der Waals surface area contributed by atoms with Crippen molar-refractivity contribution in [3.8, 4) is 0 Å². The second-order valence-corrected chi connectivity index (χ2v) is 2.78. The van der Waals surface area contributed by atoms with Crippen LogP contribution in [0.5, 0.6) is 0 Å². The van der Waals surface area contributed by atoms with Crippen molar-refractivity contribution in [3.63, 3.8) is 0 Å². The van der Waals surface area contributed by atoms with Crippen LogP contribution in [0.25, 0.3) is 0 Å². The molecule has 0 aromatic carbocycles. The molecule has 0 aliphatic carbocycles. The number of hydrogen-bond donors (Lipinski definition) is 0. The van der Waals surface area contributed by atoms with Gasteiger partial charge in [0, 0.05) is 12.5 Å². The van der Waals surface area contributed by atoms with Crippen LogP contribution in [0.15, 0.2) is 6.33 Å². The van der Waals surface area contributed by atoms with Crippen LogP contribution in [0.3, 0.4) is 0 Å². The Morgan fingerprint density at radius 3 is 3.50 bits per heavy atom. The lowest BCUT2D eigenvalue weighted by atomic mass is 10.1. The first kappa shape index (κ1) is 5.89. The topological polar surface area (TPSA) is 30.7 Å². The number of nitrogens with zero attached hydrogens (tertiary/aromatic N) is 3. The maximum atomic E-state index is 4.06. The summed E-state index contributed by atoms with van der Waals surface area (Å²) in [6, 6.07) is 0. The minimum absolute atomic E-state index is 0.669. The van der Waals surface area contributed by atoms with E-state index in [0.717, 1.165) is 6.54 Å². The largest absolute Gasteiger partial charge is 0.317 e. The highest BCUT2D eigenvalue weighted by atomic mass is 15.3. The van der Waals surface area contributed by atoms with E-state index in [2.05, 4.69) is 21.7 Å². The van der Waals surface area contributed by atoms with Crippen LogP contribution in [0.1, 0.15) is 31.5 Å². The first-order valence-electron chi connectivity index (χ1n) is 3.79. The van der Waals surface area contributed by atoms with Crippen molar-refractivity contribution in [3.05, 3.63) is 12.2 Å². The SMILES string of the molecule is CC[C@@H]1CCn2cnnc21. The third kappa shape index (κ3) is 0.664. The van der Waals surface area contributed by atoms with E-state index in [9.17, 15) is 0 Å². The van der Waals surface area contributed by atoms with Crippen molar-refractivity contribution in [2.75, 3.05) is 0 Å². The van der Waals surface area contributed by atoms with Crippen molar-refractivity contribution in [2.45, 2.75) is 32.2 Å². The predicted octanol–water partition coefficient (Wildman–Crippen LogP) is 1.18. The lowest BCUT2D eigenvalue weighted by Gasteiger charge is -1.99. The van der Waals surface area contributed by atoms with E-state index in [4.69, 9.17) is 0 Å². The van der Waals surface area contributed by atoms with Gasteiger partial charge in [-0.1, -0.05) is 6.92 Å². The molecule has 0 amide bonds.